The predicted octanol–water partition coefficient (Wildman–Crippen LogP) is 4.16. The summed E-state index contributed by atoms with van der Waals surface area (Å²) < 4.78 is 1.89. The maximum atomic E-state index is 13.2. The third-order valence-corrected chi connectivity index (χ3v) is 4.28. The number of aromatic nitrogens is 2. The smallest absolute Gasteiger partial charge is 0.254 e. The molecular formula is C19H25N3O2S. The van der Waals surface area contributed by atoms with Crippen molar-refractivity contribution < 1.29 is 9.59 Å². The van der Waals surface area contributed by atoms with E-state index in [-0.39, 0.29) is 11.8 Å². The number of nitrogens with zero attached hydrogens (tertiary/aromatic N) is 3. The van der Waals surface area contributed by atoms with Crippen LogP contribution in [0.1, 0.15) is 47.1 Å². The lowest BCUT2D eigenvalue weighted by atomic mass is 9.91. The van der Waals surface area contributed by atoms with Gasteiger partial charge in [-0.1, -0.05) is 53.8 Å². The molecule has 2 amide bonds. The van der Waals surface area contributed by atoms with Gasteiger partial charge in [0.1, 0.15) is 4.64 Å². The Bertz CT molecular complexity index is 875. The number of pyridine rings is 2. The highest BCUT2D eigenvalue weighted by Crippen LogP contribution is 2.26. The molecule has 2 aromatic rings. The van der Waals surface area contributed by atoms with E-state index in [1.165, 1.54) is 9.69 Å². The van der Waals surface area contributed by atoms with Gasteiger partial charge in [0.15, 0.2) is 5.65 Å². The van der Waals surface area contributed by atoms with Gasteiger partial charge in [-0.25, -0.2) is 9.66 Å². The molecule has 0 aliphatic rings. The van der Waals surface area contributed by atoms with Gasteiger partial charge in [-0.05, 0) is 30.7 Å². The molecule has 0 saturated heterocycles. The second-order valence-electron chi connectivity index (χ2n) is 8.28. The lowest BCUT2D eigenvalue weighted by Gasteiger charge is -2.34. The molecule has 0 radical (unpaired) electrons. The zero-order valence-corrected chi connectivity index (χ0v) is 16.7. The number of hydrogen-bond donors (Lipinski definition) is 0. The Morgan fingerprint density at radius 2 is 1.60 bits per heavy atom. The Kier molecular flexibility index (Phi) is 4.88. The first kappa shape index (κ1) is 19.2. The minimum absolute atomic E-state index is 0.318. The van der Waals surface area contributed by atoms with E-state index < -0.39 is 10.8 Å². The summed E-state index contributed by atoms with van der Waals surface area (Å²) in [5.74, 6) is -0.637. The van der Waals surface area contributed by atoms with Crippen LogP contribution < -0.4 is 5.01 Å². The van der Waals surface area contributed by atoms with Crippen LogP contribution in [0.5, 0.6) is 0 Å². The Hall–Kier alpha value is -2.08. The van der Waals surface area contributed by atoms with Gasteiger partial charge in [0.25, 0.3) is 11.8 Å². The van der Waals surface area contributed by atoms with E-state index in [1.807, 2.05) is 25.1 Å². The first-order valence-electron chi connectivity index (χ1n) is 8.22. The molecule has 0 saturated carbocycles. The summed E-state index contributed by atoms with van der Waals surface area (Å²) in [6, 6.07) is 5.63. The summed E-state index contributed by atoms with van der Waals surface area (Å²) in [6.07, 6.45) is 1.63. The van der Waals surface area contributed by atoms with E-state index in [4.69, 9.17) is 12.2 Å². The SMILES string of the molecule is Cc1cc2cccnc2n(N(C(=O)C(C)(C)C)C(=O)C(C)(C)C)c1=S. The molecule has 0 atom stereocenters. The van der Waals surface area contributed by atoms with Crippen LogP contribution in [0.4, 0.5) is 0 Å². The number of carbonyl (C=O) groups is 2. The third-order valence-electron chi connectivity index (χ3n) is 3.79. The summed E-state index contributed by atoms with van der Waals surface area (Å²) in [4.78, 5) is 30.7. The van der Waals surface area contributed by atoms with Crippen LogP contribution in [0, 0.1) is 22.4 Å². The highest BCUT2D eigenvalue weighted by atomic mass is 32.1. The highest BCUT2D eigenvalue weighted by molar-refractivity contribution is 7.71. The molecule has 134 valence electrons. The van der Waals surface area contributed by atoms with Gasteiger partial charge >= 0.3 is 0 Å². The average Bonchev–Trinajstić information content (AvgIpc) is 2.49. The van der Waals surface area contributed by atoms with Crippen molar-refractivity contribution in [2.24, 2.45) is 10.8 Å². The Morgan fingerprint density at radius 3 is 2.08 bits per heavy atom. The molecule has 0 unspecified atom stereocenters. The van der Waals surface area contributed by atoms with Crippen molar-refractivity contribution in [1.29, 1.82) is 0 Å². The third kappa shape index (κ3) is 3.63. The summed E-state index contributed by atoms with van der Waals surface area (Å²) in [6.45, 7) is 12.6. The van der Waals surface area contributed by atoms with Crippen LogP contribution in [-0.4, -0.2) is 21.5 Å². The van der Waals surface area contributed by atoms with Crippen LogP contribution in [0.25, 0.3) is 11.0 Å². The fourth-order valence-electron chi connectivity index (χ4n) is 2.35. The largest absolute Gasteiger partial charge is 0.272 e. The molecule has 0 N–H and O–H groups in total. The molecule has 6 heteroatoms. The van der Waals surface area contributed by atoms with Crippen LogP contribution in [0.15, 0.2) is 24.4 Å². The van der Waals surface area contributed by atoms with Crippen molar-refractivity contribution in [3.8, 4) is 0 Å². The second kappa shape index (κ2) is 6.33. The molecule has 0 spiro atoms. The summed E-state index contributed by atoms with van der Waals surface area (Å²) in [5, 5.41) is 1.99. The highest BCUT2D eigenvalue weighted by Gasteiger charge is 2.39. The second-order valence-corrected chi connectivity index (χ2v) is 8.67. The maximum absolute atomic E-state index is 13.2. The van der Waals surface area contributed by atoms with Gasteiger partial charge in [0.2, 0.25) is 0 Å². The van der Waals surface area contributed by atoms with Crippen molar-refractivity contribution in [1.82, 2.24) is 9.66 Å². The molecular weight excluding hydrogens is 334 g/mol. The van der Waals surface area contributed by atoms with Crippen LogP contribution in [0.2, 0.25) is 0 Å². The van der Waals surface area contributed by atoms with E-state index in [0.717, 1.165) is 10.9 Å². The topological polar surface area (TPSA) is 55.2 Å². The zero-order chi connectivity index (χ0) is 19.2. The van der Waals surface area contributed by atoms with Crippen molar-refractivity contribution in [2.45, 2.75) is 48.5 Å². The number of hydrogen-bond acceptors (Lipinski definition) is 4. The normalized spacial score (nSPS) is 12.3. The molecule has 2 aromatic heterocycles. The molecule has 25 heavy (non-hydrogen) atoms. The minimum Gasteiger partial charge on any atom is -0.272 e. The number of amides is 2. The molecule has 0 aromatic carbocycles. The van der Waals surface area contributed by atoms with Gasteiger partial charge in [0, 0.05) is 22.4 Å². The number of fused-ring (bicyclic) bond motifs is 1. The lowest BCUT2D eigenvalue weighted by molar-refractivity contribution is -0.137. The van der Waals surface area contributed by atoms with Crippen LogP contribution in [0.3, 0.4) is 0 Å². The summed E-state index contributed by atoms with van der Waals surface area (Å²) in [7, 11) is 0. The molecule has 0 aliphatic carbocycles. The van der Waals surface area contributed by atoms with Crippen LogP contribution >= 0.6 is 12.2 Å². The average molecular weight is 359 g/mol. The standard InChI is InChI=1S/C19H25N3O2S/c1-12-11-13-9-8-10-20-14(13)21(15(12)25)22(16(23)18(2,3)4)17(24)19(5,6)7/h8-11H,1-7H3. The molecule has 2 rings (SSSR count). The predicted molar refractivity (Wildman–Crippen MR) is 102 cm³/mol. The maximum Gasteiger partial charge on any atom is 0.254 e. The van der Waals surface area contributed by atoms with E-state index in [1.54, 1.807) is 47.7 Å². The van der Waals surface area contributed by atoms with E-state index in [2.05, 4.69) is 4.98 Å². The fourth-order valence-corrected chi connectivity index (χ4v) is 2.58. The first-order valence-corrected chi connectivity index (χ1v) is 8.63. The Balaban J connectivity index is 2.90. The van der Waals surface area contributed by atoms with Gasteiger partial charge < -0.3 is 0 Å². The fraction of sp³-hybridized carbons (Fsp3) is 0.474. The molecule has 0 aliphatic heterocycles. The molecule has 2 heterocycles. The van der Waals surface area contributed by atoms with Crippen molar-refractivity contribution in [2.75, 3.05) is 5.01 Å². The zero-order valence-electron chi connectivity index (χ0n) is 15.9. The number of rotatable bonds is 1. The minimum atomic E-state index is -0.749. The van der Waals surface area contributed by atoms with Crippen molar-refractivity contribution in [3.05, 3.63) is 34.6 Å². The Morgan fingerprint density at radius 1 is 1.08 bits per heavy atom. The Labute approximate surface area is 153 Å². The summed E-state index contributed by atoms with van der Waals surface area (Å²) >= 11 is 5.56. The van der Waals surface area contributed by atoms with Crippen molar-refractivity contribution >= 4 is 35.1 Å². The molecule has 5 nitrogen and oxygen atoms in total. The van der Waals surface area contributed by atoms with Gasteiger partial charge in [-0.15, -0.1) is 0 Å². The van der Waals surface area contributed by atoms with Gasteiger partial charge in [-0.2, -0.15) is 5.01 Å². The number of aryl methyl sites for hydroxylation is 1. The number of imide groups is 1. The lowest BCUT2D eigenvalue weighted by Crippen LogP contribution is -2.54. The molecule has 0 fully saturated rings. The monoisotopic (exact) mass is 359 g/mol. The number of carbonyl (C=O) groups excluding carboxylic acids is 2. The van der Waals surface area contributed by atoms with Crippen molar-refractivity contribution in [3.63, 3.8) is 0 Å². The first-order chi connectivity index (χ1) is 11.4. The van der Waals surface area contributed by atoms with E-state index >= 15 is 0 Å². The molecule has 0 bridgehead atoms. The van der Waals surface area contributed by atoms with Crippen LogP contribution in [-0.2, 0) is 9.59 Å². The van der Waals surface area contributed by atoms with E-state index in [9.17, 15) is 9.59 Å². The van der Waals surface area contributed by atoms with Gasteiger partial charge in [-0.3, -0.25) is 9.59 Å². The quantitative estimate of drug-likeness (QED) is 0.718. The summed E-state index contributed by atoms with van der Waals surface area (Å²) in [5.41, 5.74) is -0.196. The van der Waals surface area contributed by atoms with E-state index in [0.29, 0.717) is 10.3 Å². The van der Waals surface area contributed by atoms with Gasteiger partial charge in [0.05, 0.1) is 0 Å².